The van der Waals surface area contributed by atoms with Gasteiger partial charge in [0.2, 0.25) is 17.7 Å². The van der Waals surface area contributed by atoms with Crippen LogP contribution >= 0.6 is 0 Å². The first kappa shape index (κ1) is 48.1. The minimum atomic E-state index is -1.19. The molecule has 5 atom stereocenters. The van der Waals surface area contributed by atoms with Gasteiger partial charge in [0, 0.05) is 75.0 Å². The van der Waals surface area contributed by atoms with E-state index in [0.29, 0.717) is 50.1 Å². The number of phenolic OH excluding ortho intramolecular Hbond substituents is 1. The van der Waals surface area contributed by atoms with Crippen LogP contribution in [0.3, 0.4) is 0 Å². The van der Waals surface area contributed by atoms with Crippen LogP contribution in [0.1, 0.15) is 64.2 Å². The Morgan fingerprint density at radius 2 is 1.85 bits per heavy atom. The molecular formula is C49H64N8O9. The van der Waals surface area contributed by atoms with E-state index in [1.165, 1.54) is 41.1 Å². The number of benzene rings is 2. The Balaban J connectivity index is 1.28. The standard InChI is InChI=1S/C49H64N8O9/c1-10-55-40-14-13-31-22-35(40)36(44(55)37-24-50-16-15-32(37)27-64-8)23-49(4,5)28-66-48(63)38-12-11-17-56(52-38)46(61)39(20-30-18-33(31)21-34(58)19-30)51-45(60)43(29(2)3)54(7)42(59)26-53(6)47(62)41-25-57(41)65-9/h13-16,18-19,21-22,24,29,38-39,41,43,52,58H,10-12,17,20,23,25-28H2,1-9H3,(H,51,60)/t38-,39-,41-,43-,57?/m0/s1. The molecule has 2 saturated heterocycles. The van der Waals surface area contributed by atoms with Crippen molar-refractivity contribution in [3.8, 4) is 28.1 Å². The number of esters is 1. The zero-order chi connectivity index (χ0) is 47.6. The van der Waals surface area contributed by atoms with Gasteiger partial charge in [-0.15, -0.1) is 0 Å². The number of aromatic nitrogens is 2. The lowest BCUT2D eigenvalue weighted by Crippen LogP contribution is -2.62. The topological polar surface area (TPSA) is 188 Å². The molecule has 0 saturated carbocycles. The summed E-state index contributed by atoms with van der Waals surface area (Å²) in [5.74, 6) is -2.71. The molecule has 0 radical (unpaired) electrons. The van der Waals surface area contributed by atoms with E-state index in [2.05, 4.69) is 53.2 Å². The number of aryl methyl sites for hydroxylation is 1. The van der Waals surface area contributed by atoms with Gasteiger partial charge in [-0.3, -0.25) is 34.0 Å². The predicted octanol–water partition coefficient (Wildman–Crippen LogP) is 4.08. The molecule has 2 fully saturated rings. The van der Waals surface area contributed by atoms with Crippen LogP contribution in [0, 0.1) is 11.3 Å². The van der Waals surface area contributed by atoms with Crippen LogP contribution in [-0.4, -0.2) is 143 Å². The maximum absolute atomic E-state index is 14.7. The molecule has 5 heterocycles. The van der Waals surface area contributed by atoms with Gasteiger partial charge < -0.3 is 39.1 Å². The Morgan fingerprint density at radius 3 is 2.55 bits per heavy atom. The maximum Gasteiger partial charge on any atom is 0.324 e. The lowest BCUT2D eigenvalue weighted by atomic mass is 9.84. The first-order chi connectivity index (χ1) is 31.4. The molecule has 3 N–H and O–H groups in total. The van der Waals surface area contributed by atoms with Crippen LogP contribution in [0.2, 0.25) is 0 Å². The summed E-state index contributed by atoms with van der Waals surface area (Å²) in [5, 5.41) is 18.1. The highest BCUT2D eigenvalue weighted by atomic mass is 16.7. The molecule has 3 aliphatic rings. The van der Waals surface area contributed by atoms with Gasteiger partial charge in [0.1, 0.15) is 29.9 Å². The van der Waals surface area contributed by atoms with Crippen LogP contribution in [0.4, 0.5) is 0 Å². The number of fused-ring (bicyclic) bond motifs is 6. The second-order valence-corrected chi connectivity index (χ2v) is 18.9. The first-order valence-corrected chi connectivity index (χ1v) is 22.7. The number of methoxy groups -OCH3 is 1. The monoisotopic (exact) mass is 908 g/mol. The number of nitrogens with one attached hydrogen (secondary N) is 2. The summed E-state index contributed by atoms with van der Waals surface area (Å²) in [7, 11) is 6.18. The second-order valence-electron chi connectivity index (χ2n) is 18.9. The van der Waals surface area contributed by atoms with Crippen LogP contribution in [0.25, 0.3) is 33.3 Å². The van der Waals surface area contributed by atoms with Gasteiger partial charge in [-0.2, -0.15) is 5.06 Å². The van der Waals surface area contributed by atoms with Crippen molar-refractivity contribution in [2.75, 3.05) is 54.6 Å². The SMILES string of the molecule is CCn1c(-c2cnccc2COC)c2c3cc(ccc31)-c1cc(O)cc(c1)C[C@H](NC(=O)[C@H](C(C)C)N(C)C(=O)CN(C)C(=O)[C@@H]1CN1OC)C(=O)N1CCC[C@H](N1)C(=O)OCC(C)(C)C2. The molecule has 17 nitrogen and oxygen atoms in total. The van der Waals surface area contributed by atoms with Gasteiger partial charge in [0.25, 0.3) is 5.91 Å². The third-order valence-corrected chi connectivity index (χ3v) is 12.9. The molecule has 354 valence electrons. The average Bonchev–Trinajstić information content (AvgIpc) is 4.02. The highest BCUT2D eigenvalue weighted by Gasteiger charge is 2.44. The average molecular weight is 909 g/mol. The minimum absolute atomic E-state index is 0.0231. The van der Waals surface area contributed by atoms with Gasteiger partial charge in [-0.05, 0) is 90.3 Å². The highest BCUT2D eigenvalue weighted by Crippen LogP contribution is 2.41. The molecule has 1 unspecified atom stereocenters. The van der Waals surface area contributed by atoms with Crippen molar-refractivity contribution in [3.63, 3.8) is 0 Å². The Hall–Kier alpha value is -5.88. The number of hydrogen-bond donors (Lipinski definition) is 3. The smallest absolute Gasteiger partial charge is 0.324 e. The Morgan fingerprint density at radius 1 is 1.08 bits per heavy atom. The molecule has 66 heavy (non-hydrogen) atoms. The summed E-state index contributed by atoms with van der Waals surface area (Å²) >= 11 is 0. The van der Waals surface area contributed by atoms with E-state index >= 15 is 0 Å². The van der Waals surface area contributed by atoms with Crippen LogP contribution < -0.4 is 10.7 Å². The maximum atomic E-state index is 14.7. The molecule has 6 bridgehead atoms. The zero-order valence-electron chi connectivity index (χ0n) is 39.6. The number of likely N-dealkylation sites (N-methyl/N-ethyl adjacent to an activating group) is 2. The molecule has 4 aromatic rings. The van der Waals surface area contributed by atoms with Crippen LogP contribution in [0.5, 0.6) is 5.75 Å². The molecule has 0 spiro atoms. The number of hydrogen-bond acceptors (Lipinski definition) is 12. The summed E-state index contributed by atoms with van der Waals surface area (Å²) in [6.07, 6.45) is 5.07. The molecule has 17 heteroatoms. The van der Waals surface area contributed by atoms with Gasteiger partial charge in [-0.25, -0.2) is 5.43 Å². The molecule has 2 aromatic carbocycles. The summed E-state index contributed by atoms with van der Waals surface area (Å²) in [6.45, 7) is 11.4. The van der Waals surface area contributed by atoms with E-state index in [0.717, 1.165) is 38.9 Å². The summed E-state index contributed by atoms with van der Waals surface area (Å²) < 4.78 is 14.0. The lowest BCUT2D eigenvalue weighted by molar-refractivity contribution is -0.155. The summed E-state index contributed by atoms with van der Waals surface area (Å²) in [5.41, 5.74) is 9.64. The molecule has 2 aromatic heterocycles. The fraction of sp³-hybridized carbons (Fsp3) is 0.510. The number of amides is 4. The third-order valence-electron chi connectivity index (χ3n) is 12.9. The molecule has 7 rings (SSSR count). The van der Waals surface area contributed by atoms with Crippen LogP contribution in [-0.2, 0) is 64.3 Å². The van der Waals surface area contributed by atoms with Crippen molar-refractivity contribution in [2.45, 2.75) is 97.6 Å². The van der Waals surface area contributed by atoms with Crippen molar-refractivity contribution in [3.05, 3.63) is 71.5 Å². The number of nitrogens with zero attached hydrogens (tertiary/aromatic N) is 6. The van der Waals surface area contributed by atoms with E-state index < -0.39 is 59.2 Å². The van der Waals surface area contributed by atoms with Gasteiger partial charge in [-0.1, -0.05) is 39.8 Å². The number of hydrazine groups is 1. The first-order valence-electron chi connectivity index (χ1n) is 22.7. The minimum Gasteiger partial charge on any atom is -0.508 e. The van der Waals surface area contributed by atoms with Crippen molar-refractivity contribution < 1.29 is 43.4 Å². The lowest BCUT2D eigenvalue weighted by Gasteiger charge is -2.37. The number of carbonyl (C=O) groups excluding carboxylic acids is 5. The molecule has 0 aliphatic carbocycles. The molecule has 3 aliphatic heterocycles. The number of rotatable bonds is 12. The predicted molar refractivity (Wildman–Crippen MR) is 247 cm³/mol. The van der Waals surface area contributed by atoms with Crippen molar-refractivity contribution >= 4 is 40.5 Å². The third kappa shape index (κ3) is 10.2. The van der Waals surface area contributed by atoms with E-state index in [4.69, 9.17) is 14.3 Å². The number of pyridine rings is 1. The van der Waals surface area contributed by atoms with Gasteiger partial charge in [0.05, 0.1) is 39.1 Å². The number of carbonyl (C=O) groups is 5. The largest absolute Gasteiger partial charge is 0.508 e. The van der Waals surface area contributed by atoms with Gasteiger partial charge >= 0.3 is 5.97 Å². The quantitative estimate of drug-likeness (QED) is 0.137. The fourth-order valence-electron chi connectivity index (χ4n) is 9.44. The number of ether oxygens (including phenoxy) is 2. The Labute approximate surface area is 386 Å². The van der Waals surface area contributed by atoms with E-state index in [9.17, 15) is 29.1 Å². The van der Waals surface area contributed by atoms with Crippen molar-refractivity contribution in [1.29, 1.82) is 0 Å². The molecule has 4 amide bonds. The van der Waals surface area contributed by atoms with E-state index in [-0.39, 0.29) is 37.8 Å². The summed E-state index contributed by atoms with van der Waals surface area (Å²) in [6, 6.07) is 9.83. The van der Waals surface area contributed by atoms with E-state index in [1.807, 2.05) is 24.4 Å². The van der Waals surface area contributed by atoms with Gasteiger partial charge in [0.15, 0.2) is 0 Å². The zero-order valence-corrected chi connectivity index (χ0v) is 39.6. The van der Waals surface area contributed by atoms with Crippen molar-refractivity contribution in [1.82, 2.24) is 40.2 Å². The number of hydroxylamine groups is 2. The fourth-order valence-corrected chi connectivity index (χ4v) is 9.44. The Kier molecular flexibility index (Phi) is 14.5. The summed E-state index contributed by atoms with van der Waals surface area (Å²) in [4.78, 5) is 81.9. The number of aromatic hydroxyl groups is 1. The van der Waals surface area contributed by atoms with E-state index in [1.54, 1.807) is 39.3 Å². The van der Waals surface area contributed by atoms with Crippen molar-refractivity contribution in [2.24, 2.45) is 11.3 Å². The number of phenols is 1. The highest BCUT2D eigenvalue weighted by molar-refractivity contribution is 5.96. The van der Waals surface area contributed by atoms with Crippen LogP contribution in [0.15, 0.2) is 54.9 Å². The normalized spacial score (nSPS) is 21.2. The molecular weight excluding hydrogens is 845 g/mol. The second kappa shape index (κ2) is 19.9. The Bertz CT molecular complexity index is 2490. The number of cyclic esters (lactones) is 1.